The molecule has 8 heteroatoms. The number of hydrogen-bond donors (Lipinski definition) is 2. The predicted octanol–water partition coefficient (Wildman–Crippen LogP) is 4.68. The molecule has 1 aliphatic heterocycles. The highest BCUT2D eigenvalue weighted by atomic mass is 16.5. The van der Waals surface area contributed by atoms with Crippen LogP contribution in [0.2, 0.25) is 0 Å². The van der Waals surface area contributed by atoms with Gasteiger partial charge in [-0.1, -0.05) is 75.2 Å². The van der Waals surface area contributed by atoms with Gasteiger partial charge < -0.3 is 10.2 Å². The molecule has 184 valence electrons. The van der Waals surface area contributed by atoms with Gasteiger partial charge >= 0.3 is 5.97 Å². The molecule has 0 bridgehead atoms. The summed E-state index contributed by atoms with van der Waals surface area (Å²) in [6.07, 6.45) is 4.74. The molecule has 0 aliphatic carbocycles. The quantitative estimate of drug-likeness (QED) is 0.390. The molecule has 35 heavy (non-hydrogen) atoms. The Morgan fingerprint density at radius 1 is 1.03 bits per heavy atom. The van der Waals surface area contributed by atoms with Gasteiger partial charge in [0.15, 0.2) is 0 Å². The minimum Gasteiger partial charge on any atom is -0.463 e. The van der Waals surface area contributed by atoms with Gasteiger partial charge in [-0.2, -0.15) is 5.21 Å². The Labute approximate surface area is 206 Å². The van der Waals surface area contributed by atoms with Crippen molar-refractivity contribution in [2.24, 2.45) is 0 Å². The van der Waals surface area contributed by atoms with Gasteiger partial charge in [-0.3, -0.25) is 0 Å². The molecule has 2 aromatic carbocycles. The van der Waals surface area contributed by atoms with Crippen molar-refractivity contribution >= 4 is 5.97 Å². The van der Waals surface area contributed by atoms with Crippen LogP contribution in [0.15, 0.2) is 59.8 Å². The highest BCUT2D eigenvalue weighted by Gasteiger charge is 2.36. The number of allylic oxidation sites excluding steroid dienone is 1. The predicted molar refractivity (Wildman–Crippen MR) is 136 cm³/mol. The van der Waals surface area contributed by atoms with Gasteiger partial charge in [0.25, 0.3) is 0 Å². The molecule has 0 radical (unpaired) electrons. The molecule has 8 nitrogen and oxygen atoms in total. The van der Waals surface area contributed by atoms with Crippen molar-refractivity contribution < 1.29 is 9.53 Å². The smallest absolute Gasteiger partial charge is 0.337 e. The molecule has 0 fully saturated rings. The first-order valence-corrected chi connectivity index (χ1v) is 12.5. The van der Waals surface area contributed by atoms with E-state index < -0.39 is 0 Å². The fraction of sp³-hybridized carbons (Fsp3) is 0.407. The molecular weight excluding hydrogens is 440 g/mol. The lowest BCUT2D eigenvalue weighted by molar-refractivity contribution is -0.139. The van der Waals surface area contributed by atoms with Gasteiger partial charge in [-0.05, 0) is 41.7 Å². The maximum atomic E-state index is 13.0. The Morgan fingerprint density at radius 2 is 1.80 bits per heavy atom. The first-order valence-electron chi connectivity index (χ1n) is 12.5. The maximum absolute atomic E-state index is 13.0. The summed E-state index contributed by atoms with van der Waals surface area (Å²) in [6, 6.07) is 16.5. The van der Waals surface area contributed by atoms with Crippen molar-refractivity contribution in [2.75, 3.05) is 13.2 Å². The number of carbonyl (C=O) groups is 1. The second-order valence-corrected chi connectivity index (χ2v) is 8.73. The van der Waals surface area contributed by atoms with Crippen LogP contribution >= 0.6 is 0 Å². The monoisotopic (exact) mass is 474 g/mol. The van der Waals surface area contributed by atoms with Gasteiger partial charge in [-0.25, -0.2) is 9.80 Å². The van der Waals surface area contributed by atoms with E-state index in [-0.39, 0.29) is 12.0 Å². The molecule has 0 saturated heterocycles. The molecule has 1 aromatic heterocycles. The van der Waals surface area contributed by atoms with Crippen LogP contribution in [-0.4, -0.2) is 50.8 Å². The Morgan fingerprint density at radius 3 is 2.46 bits per heavy atom. The minimum absolute atomic E-state index is 0.0433. The van der Waals surface area contributed by atoms with Crippen LogP contribution in [0.4, 0.5) is 0 Å². The van der Waals surface area contributed by atoms with Crippen molar-refractivity contribution in [3.05, 3.63) is 65.4 Å². The summed E-state index contributed by atoms with van der Waals surface area (Å²) in [7, 11) is 0. The van der Waals surface area contributed by atoms with Crippen LogP contribution in [0, 0.1) is 0 Å². The average molecular weight is 475 g/mol. The largest absolute Gasteiger partial charge is 0.463 e. The lowest BCUT2D eigenvalue weighted by atomic mass is 9.96. The number of rotatable bonds is 11. The molecule has 0 amide bonds. The SMILES string of the molecule is CCCCN1NC(Cc2ccc(-c3ccccc3-c3nn[nH]n3)cc2)=C(C(=O)OCC)C1CCC. The van der Waals surface area contributed by atoms with Crippen LogP contribution in [0.25, 0.3) is 22.5 Å². The van der Waals surface area contributed by atoms with Gasteiger partial charge in [0, 0.05) is 24.2 Å². The van der Waals surface area contributed by atoms with Gasteiger partial charge in [0.1, 0.15) is 0 Å². The zero-order chi connectivity index (χ0) is 24.6. The molecule has 0 spiro atoms. The number of nitrogens with one attached hydrogen (secondary N) is 2. The molecule has 1 aliphatic rings. The number of hydrazine groups is 1. The van der Waals surface area contributed by atoms with Crippen LogP contribution < -0.4 is 5.43 Å². The van der Waals surface area contributed by atoms with Crippen molar-refractivity contribution in [3.63, 3.8) is 0 Å². The van der Waals surface area contributed by atoms with E-state index in [1.807, 2.05) is 25.1 Å². The Bertz CT molecular complexity index is 1140. The normalized spacial score (nSPS) is 15.9. The molecule has 4 rings (SSSR count). The third-order valence-corrected chi connectivity index (χ3v) is 6.28. The first kappa shape index (κ1) is 24.6. The molecule has 2 N–H and O–H groups in total. The zero-order valence-corrected chi connectivity index (χ0v) is 20.8. The van der Waals surface area contributed by atoms with E-state index in [2.05, 4.69) is 75.2 Å². The third kappa shape index (κ3) is 5.59. The van der Waals surface area contributed by atoms with E-state index in [1.54, 1.807) is 0 Å². The molecule has 2 heterocycles. The summed E-state index contributed by atoms with van der Waals surface area (Å²) in [5.41, 5.74) is 9.44. The Hall–Kier alpha value is -3.52. The molecule has 1 atom stereocenters. The number of esters is 1. The standard InChI is InChI=1S/C27H34N6O2/c1-4-7-17-33-24(10-5-2)25(27(34)35-6-3)23(30-33)18-19-13-15-20(16-14-19)21-11-8-9-12-22(21)26-28-31-32-29-26/h8-9,11-16,24,30H,4-7,10,17-18H2,1-3H3,(H,28,29,31,32). The topological polar surface area (TPSA) is 96.0 Å². The van der Waals surface area contributed by atoms with Crippen LogP contribution in [-0.2, 0) is 16.0 Å². The Kier molecular flexibility index (Phi) is 8.26. The molecule has 0 saturated carbocycles. The number of aromatic amines is 1. The summed E-state index contributed by atoms with van der Waals surface area (Å²) in [5.74, 6) is 0.358. The fourth-order valence-electron chi connectivity index (χ4n) is 4.60. The van der Waals surface area contributed by atoms with Crippen molar-refractivity contribution in [3.8, 4) is 22.5 Å². The number of H-pyrrole nitrogens is 1. The summed E-state index contributed by atoms with van der Waals surface area (Å²) in [6.45, 7) is 7.47. The third-order valence-electron chi connectivity index (χ3n) is 6.28. The van der Waals surface area contributed by atoms with E-state index in [1.165, 1.54) is 0 Å². The summed E-state index contributed by atoms with van der Waals surface area (Å²) < 4.78 is 5.47. The number of hydrogen-bond acceptors (Lipinski definition) is 7. The lowest BCUT2D eigenvalue weighted by Gasteiger charge is -2.25. The number of unbranched alkanes of at least 4 members (excludes halogenated alkanes) is 1. The first-order chi connectivity index (χ1) is 17.2. The van der Waals surface area contributed by atoms with Crippen molar-refractivity contribution in [1.29, 1.82) is 0 Å². The number of aromatic nitrogens is 4. The van der Waals surface area contributed by atoms with Gasteiger partial charge in [-0.15, -0.1) is 10.2 Å². The zero-order valence-electron chi connectivity index (χ0n) is 20.8. The summed E-state index contributed by atoms with van der Waals surface area (Å²) in [5, 5.41) is 16.7. The molecular formula is C27H34N6O2. The van der Waals surface area contributed by atoms with Crippen LogP contribution in [0.5, 0.6) is 0 Å². The van der Waals surface area contributed by atoms with Gasteiger partial charge in [0.05, 0.1) is 18.2 Å². The molecule has 1 unspecified atom stereocenters. The van der Waals surface area contributed by atoms with E-state index in [4.69, 9.17) is 4.74 Å². The summed E-state index contributed by atoms with van der Waals surface area (Å²) >= 11 is 0. The van der Waals surface area contributed by atoms with E-state index in [9.17, 15) is 4.79 Å². The number of ether oxygens (including phenoxy) is 1. The maximum Gasteiger partial charge on any atom is 0.337 e. The second-order valence-electron chi connectivity index (χ2n) is 8.73. The fourth-order valence-corrected chi connectivity index (χ4v) is 4.60. The second kappa shape index (κ2) is 11.8. The number of nitrogens with zero attached hydrogens (tertiary/aromatic N) is 4. The van der Waals surface area contributed by atoms with E-state index in [0.717, 1.165) is 65.8 Å². The minimum atomic E-state index is -0.210. The highest BCUT2D eigenvalue weighted by molar-refractivity contribution is 5.91. The van der Waals surface area contributed by atoms with Crippen LogP contribution in [0.3, 0.4) is 0 Å². The highest BCUT2D eigenvalue weighted by Crippen LogP contribution is 2.31. The number of carbonyl (C=O) groups excluding carboxylic acids is 1. The molecule has 3 aromatic rings. The summed E-state index contributed by atoms with van der Waals surface area (Å²) in [4.78, 5) is 13.0. The van der Waals surface area contributed by atoms with Gasteiger partial charge in [0.2, 0.25) is 5.82 Å². The van der Waals surface area contributed by atoms with Crippen molar-refractivity contribution in [1.82, 2.24) is 31.1 Å². The number of tetrazole rings is 1. The Balaban J connectivity index is 1.60. The van der Waals surface area contributed by atoms with Crippen LogP contribution in [0.1, 0.15) is 52.0 Å². The van der Waals surface area contributed by atoms with Crippen molar-refractivity contribution in [2.45, 2.75) is 58.9 Å². The lowest BCUT2D eigenvalue weighted by Crippen LogP contribution is -2.41. The average Bonchev–Trinajstić information content (AvgIpc) is 3.52. The van der Waals surface area contributed by atoms with E-state index >= 15 is 0 Å². The number of benzene rings is 2. The van der Waals surface area contributed by atoms with E-state index in [0.29, 0.717) is 18.9 Å².